The first kappa shape index (κ1) is 12.7. The Kier molecular flexibility index (Phi) is 4.07. The molecule has 0 atom stereocenters. The van der Waals surface area contributed by atoms with Crippen molar-refractivity contribution in [3.63, 3.8) is 0 Å². The van der Waals surface area contributed by atoms with E-state index in [1.54, 1.807) is 0 Å². The molecule has 1 aliphatic rings. The summed E-state index contributed by atoms with van der Waals surface area (Å²) in [6.07, 6.45) is 3.25. The third-order valence-corrected chi connectivity index (χ3v) is 3.01. The molecule has 1 aromatic carbocycles. The molecule has 0 radical (unpaired) electrons. The second-order valence-corrected chi connectivity index (χ2v) is 4.86. The lowest BCUT2D eigenvalue weighted by molar-refractivity contribution is -0.119. The maximum atomic E-state index is 11.9. The SMILES string of the molecule is CCCN(CC(=O)NC1CC1)c1cccc(N)c1. The lowest BCUT2D eigenvalue weighted by Crippen LogP contribution is -2.38. The number of benzene rings is 1. The quantitative estimate of drug-likeness (QED) is 0.753. The summed E-state index contributed by atoms with van der Waals surface area (Å²) < 4.78 is 0. The highest BCUT2D eigenvalue weighted by Crippen LogP contribution is 2.20. The molecule has 1 aromatic rings. The van der Waals surface area contributed by atoms with Gasteiger partial charge in [-0.1, -0.05) is 13.0 Å². The van der Waals surface area contributed by atoms with Crippen LogP contribution in [0.5, 0.6) is 0 Å². The van der Waals surface area contributed by atoms with Crippen molar-refractivity contribution in [3.8, 4) is 0 Å². The van der Waals surface area contributed by atoms with Crippen LogP contribution < -0.4 is 16.0 Å². The Morgan fingerprint density at radius 3 is 2.89 bits per heavy atom. The van der Waals surface area contributed by atoms with Gasteiger partial charge in [0.15, 0.2) is 0 Å². The van der Waals surface area contributed by atoms with Gasteiger partial charge in [0.1, 0.15) is 0 Å². The minimum absolute atomic E-state index is 0.105. The van der Waals surface area contributed by atoms with Crippen LogP contribution in [0.3, 0.4) is 0 Å². The molecule has 4 nitrogen and oxygen atoms in total. The number of nitrogen functional groups attached to an aromatic ring is 1. The predicted molar refractivity (Wildman–Crippen MR) is 74.5 cm³/mol. The summed E-state index contributed by atoms with van der Waals surface area (Å²) >= 11 is 0. The molecule has 0 unspecified atom stereocenters. The standard InChI is InChI=1S/C14H21N3O/c1-2-8-17(10-14(18)16-12-6-7-12)13-5-3-4-11(15)9-13/h3-5,9,12H,2,6-8,10,15H2,1H3,(H,16,18). The van der Waals surface area contributed by atoms with Crippen molar-refractivity contribution in [1.29, 1.82) is 0 Å². The molecule has 18 heavy (non-hydrogen) atoms. The first-order valence-corrected chi connectivity index (χ1v) is 6.59. The van der Waals surface area contributed by atoms with Crippen molar-refractivity contribution in [3.05, 3.63) is 24.3 Å². The van der Waals surface area contributed by atoms with Gasteiger partial charge in [0.25, 0.3) is 0 Å². The lowest BCUT2D eigenvalue weighted by atomic mass is 10.2. The Balaban J connectivity index is 1.99. The topological polar surface area (TPSA) is 58.4 Å². The van der Waals surface area contributed by atoms with Crippen molar-refractivity contribution in [2.75, 3.05) is 23.7 Å². The summed E-state index contributed by atoms with van der Waals surface area (Å²) in [7, 11) is 0. The zero-order valence-corrected chi connectivity index (χ0v) is 10.9. The van der Waals surface area contributed by atoms with Crippen LogP contribution in [0.2, 0.25) is 0 Å². The summed E-state index contributed by atoms with van der Waals surface area (Å²) in [4.78, 5) is 13.9. The van der Waals surface area contributed by atoms with E-state index in [1.165, 1.54) is 0 Å². The van der Waals surface area contributed by atoms with Crippen molar-refractivity contribution >= 4 is 17.3 Å². The van der Waals surface area contributed by atoms with E-state index >= 15 is 0 Å². The molecule has 3 N–H and O–H groups in total. The molecule has 98 valence electrons. The predicted octanol–water partition coefficient (Wildman–Crippen LogP) is 1.76. The monoisotopic (exact) mass is 247 g/mol. The van der Waals surface area contributed by atoms with Crippen molar-refractivity contribution in [1.82, 2.24) is 5.32 Å². The van der Waals surface area contributed by atoms with E-state index < -0.39 is 0 Å². The smallest absolute Gasteiger partial charge is 0.239 e. The highest BCUT2D eigenvalue weighted by atomic mass is 16.2. The van der Waals surface area contributed by atoms with Gasteiger partial charge in [0.05, 0.1) is 6.54 Å². The van der Waals surface area contributed by atoms with Crippen LogP contribution in [0.15, 0.2) is 24.3 Å². The van der Waals surface area contributed by atoms with E-state index in [0.29, 0.717) is 12.6 Å². The van der Waals surface area contributed by atoms with Gasteiger partial charge in [-0.3, -0.25) is 4.79 Å². The highest BCUT2D eigenvalue weighted by molar-refractivity contribution is 5.82. The number of hydrogen-bond donors (Lipinski definition) is 2. The third kappa shape index (κ3) is 3.65. The summed E-state index contributed by atoms with van der Waals surface area (Å²) in [5, 5.41) is 3.02. The van der Waals surface area contributed by atoms with Crippen molar-refractivity contribution in [2.45, 2.75) is 32.2 Å². The first-order chi connectivity index (χ1) is 8.69. The van der Waals surface area contributed by atoms with Crippen molar-refractivity contribution in [2.24, 2.45) is 0 Å². The van der Waals surface area contributed by atoms with Gasteiger partial charge < -0.3 is 16.0 Å². The Hall–Kier alpha value is -1.71. The molecule has 1 aliphatic carbocycles. The van der Waals surface area contributed by atoms with Crippen molar-refractivity contribution < 1.29 is 4.79 Å². The molecule has 0 spiro atoms. The van der Waals surface area contributed by atoms with E-state index in [0.717, 1.165) is 37.2 Å². The molecule has 1 saturated carbocycles. The summed E-state index contributed by atoms with van der Waals surface area (Å²) in [6, 6.07) is 8.11. The molecular weight excluding hydrogens is 226 g/mol. The number of carbonyl (C=O) groups is 1. The van der Waals surface area contributed by atoms with Crippen LogP contribution in [-0.2, 0) is 4.79 Å². The first-order valence-electron chi connectivity index (χ1n) is 6.59. The third-order valence-electron chi connectivity index (χ3n) is 3.01. The molecule has 0 saturated heterocycles. The maximum absolute atomic E-state index is 11.9. The summed E-state index contributed by atoms with van der Waals surface area (Å²) in [5.74, 6) is 0.105. The second-order valence-electron chi connectivity index (χ2n) is 4.86. The second kappa shape index (κ2) is 5.76. The fourth-order valence-electron chi connectivity index (χ4n) is 1.97. The van der Waals surface area contributed by atoms with Gasteiger partial charge in [0, 0.05) is 24.0 Å². The van der Waals surface area contributed by atoms with E-state index in [9.17, 15) is 4.79 Å². The number of nitrogens with zero attached hydrogens (tertiary/aromatic N) is 1. The van der Waals surface area contributed by atoms with Gasteiger partial charge in [-0.25, -0.2) is 0 Å². The molecule has 4 heteroatoms. The highest BCUT2D eigenvalue weighted by Gasteiger charge is 2.24. The van der Waals surface area contributed by atoms with Crippen LogP contribution in [0.25, 0.3) is 0 Å². The van der Waals surface area contributed by atoms with Crippen LogP contribution in [0.4, 0.5) is 11.4 Å². The molecular formula is C14H21N3O. The molecule has 1 amide bonds. The van der Waals surface area contributed by atoms with Gasteiger partial charge in [-0.05, 0) is 37.5 Å². The molecule has 0 aliphatic heterocycles. The van der Waals surface area contributed by atoms with E-state index in [1.807, 2.05) is 24.3 Å². The number of nitrogens with one attached hydrogen (secondary N) is 1. The van der Waals surface area contributed by atoms with Gasteiger partial charge >= 0.3 is 0 Å². The fraction of sp³-hybridized carbons (Fsp3) is 0.500. The normalized spacial score (nSPS) is 14.3. The minimum atomic E-state index is 0.105. The van der Waals surface area contributed by atoms with Crippen LogP contribution in [-0.4, -0.2) is 25.0 Å². The van der Waals surface area contributed by atoms with Crippen LogP contribution >= 0.6 is 0 Å². The molecule has 0 aromatic heterocycles. The minimum Gasteiger partial charge on any atom is -0.399 e. The zero-order chi connectivity index (χ0) is 13.0. The molecule has 1 fully saturated rings. The van der Waals surface area contributed by atoms with E-state index in [2.05, 4.69) is 17.1 Å². The van der Waals surface area contributed by atoms with Crippen LogP contribution in [0.1, 0.15) is 26.2 Å². The number of amides is 1. The average molecular weight is 247 g/mol. The van der Waals surface area contributed by atoms with Gasteiger partial charge in [0.2, 0.25) is 5.91 Å². The molecule has 0 bridgehead atoms. The Morgan fingerprint density at radius 1 is 1.50 bits per heavy atom. The summed E-state index contributed by atoms with van der Waals surface area (Å²) in [6.45, 7) is 3.38. The van der Waals surface area contributed by atoms with E-state index in [4.69, 9.17) is 5.73 Å². The lowest BCUT2D eigenvalue weighted by Gasteiger charge is -2.24. The summed E-state index contributed by atoms with van der Waals surface area (Å²) in [5.41, 5.74) is 7.54. The zero-order valence-electron chi connectivity index (χ0n) is 10.9. The number of carbonyl (C=O) groups excluding carboxylic acids is 1. The van der Waals surface area contributed by atoms with Gasteiger partial charge in [-0.2, -0.15) is 0 Å². The Bertz CT molecular complexity index is 415. The van der Waals surface area contributed by atoms with Crippen LogP contribution in [0, 0.1) is 0 Å². The average Bonchev–Trinajstić information content (AvgIpc) is 3.12. The largest absolute Gasteiger partial charge is 0.399 e. The number of nitrogens with two attached hydrogens (primary N) is 1. The van der Waals surface area contributed by atoms with E-state index in [-0.39, 0.29) is 5.91 Å². The number of hydrogen-bond acceptors (Lipinski definition) is 3. The van der Waals surface area contributed by atoms with Gasteiger partial charge in [-0.15, -0.1) is 0 Å². The number of rotatable bonds is 6. The maximum Gasteiger partial charge on any atom is 0.239 e. The number of anilines is 2. The Morgan fingerprint density at radius 2 is 2.28 bits per heavy atom. The molecule has 2 rings (SSSR count). The Labute approximate surface area is 108 Å². The fourth-order valence-corrected chi connectivity index (χ4v) is 1.97. The molecule has 0 heterocycles.